The van der Waals surface area contributed by atoms with Gasteiger partial charge < -0.3 is 30.0 Å². The molecule has 0 bridgehead atoms. The molecule has 2 rings (SSSR count). The van der Waals surface area contributed by atoms with E-state index in [4.69, 9.17) is 19.3 Å². The number of nitrogens with one attached hydrogen (secondary N) is 2. The molecule has 0 saturated carbocycles. The summed E-state index contributed by atoms with van der Waals surface area (Å²) in [5, 5.41) is 16.1. The lowest BCUT2D eigenvalue weighted by Gasteiger charge is -2.18. The van der Waals surface area contributed by atoms with Crippen molar-refractivity contribution in [3.8, 4) is 17.2 Å². The van der Waals surface area contributed by atoms with Crippen LogP contribution in [0.25, 0.3) is 0 Å². The Morgan fingerprint density at radius 2 is 1.79 bits per heavy atom. The van der Waals surface area contributed by atoms with Crippen LogP contribution in [0.1, 0.15) is 23.2 Å². The zero-order valence-electron chi connectivity index (χ0n) is 16.1. The van der Waals surface area contributed by atoms with Crippen molar-refractivity contribution in [3.63, 3.8) is 0 Å². The summed E-state index contributed by atoms with van der Waals surface area (Å²) in [6.07, 6.45) is 1.12. The highest BCUT2D eigenvalue weighted by molar-refractivity contribution is 7.13. The molecule has 0 unspecified atom stereocenters. The molecule has 0 fully saturated rings. The van der Waals surface area contributed by atoms with Crippen molar-refractivity contribution in [3.05, 3.63) is 29.3 Å². The minimum absolute atomic E-state index is 0.0945. The Bertz CT molecular complexity index is 845. The molecule has 0 aliphatic carbocycles. The zero-order chi connectivity index (χ0) is 21.4. The molecule has 156 valence electrons. The monoisotopic (exact) mass is 423 g/mol. The van der Waals surface area contributed by atoms with Crippen molar-refractivity contribution in [1.82, 2.24) is 10.3 Å². The number of ether oxygens (including phenoxy) is 3. The number of carbonyl (C=O) groups is 3. The van der Waals surface area contributed by atoms with Gasteiger partial charge in [-0.2, -0.15) is 0 Å². The molecule has 2 amide bonds. The van der Waals surface area contributed by atoms with Crippen LogP contribution in [-0.2, 0) is 9.59 Å². The van der Waals surface area contributed by atoms with E-state index in [2.05, 4.69) is 15.6 Å². The lowest BCUT2D eigenvalue weighted by Crippen LogP contribution is -2.44. The number of aliphatic carboxylic acids is 1. The van der Waals surface area contributed by atoms with Crippen LogP contribution >= 0.6 is 11.3 Å². The summed E-state index contributed by atoms with van der Waals surface area (Å²) in [6, 6.07) is 1.79. The first-order chi connectivity index (χ1) is 13.9. The van der Waals surface area contributed by atoms with Gasteiger partial charge in [0.2, 0.25) is 11.7 Å². The smallest absolute Gasteiger partial charge is 0.303 e. The topological polar surface area (TPSA) is 136 Å². The molecule has 1 aromatic carbocycles. The SMILES string of the molecule is COc1cc(C(=O)N[C@H](CCC(=O)O)C(=O)Nc2nccs2)cc(OC)c1OC. The van der Waals surface area contributed by atoms with Crippen LogP contribution < -0.4 is 24.8 Å². The van der Waals surface area contributed by atoms with Gasteiger partial charge in [-0.1, -0.05) is 0 Å². The Labute approximate surface area is 170 Å². The summed E-state index contributed by atoms with van der Waals surface area (Å²) in [6.45, 7) is 0. The molecule has 1 heterocycles. The maximum absolute atomic E-state index is 12.7. The minimum atomic E-state index is -1.08. The van der Waals surface area contributed by atoms with Crippen LogP contribution in [0.4, 0.5) is 5.13 Å². The highest BCUT2D eigenvalue weighted by Crippen LogP contribution is 2.38. The van der Waals surface area contributed by atoms with E-state index in [9.17, 15) is 14.4 Å². The molecular formula is C18H21N3O7S. The number of methoxy groups -OCH3 is 3. The van der Waals surface area contributed by atoms with Crippen LogP contribution in [0.5, 0.6) is 17.2 Å². The molecule has 10 nitrogen and oxygen atoms in total. The fourth-order valence-electron chi connectivity index (χ4n) is 2.47. The summed E-state index contributed by atoms with van der Waals surface area (Å²) in [5.41, 5.74) is 0.155. The maximum Gasteiger partial charge on any atom is 0.303 e. The van der Waals surface area contributed by atoms with Gasteiger partial charge in [-0.05, 0) is 18.6 Å². The first kappa shape index (κ1) is 22.0. The van der Waals surface area contributed by atoms with Crippen molar-refractivity contribution < 1.29 is 33.7 Å². The quantitative estimate of drug-likeness (QED) is 0.526. The van der Waals surface area contributed by atoms with Gasteiger partial charge in [0.1, 0.15) is 6.04 Å². The second kappa shape index (κ2) is 10.3. The third kappa shape index (κ3) is 5.82. The number of carboxylic acids is 1. The van der Waals surface area contributed by atoms with E-state index < -0.39 is 23.8 Å². The predicted octanol–water partition coefficient (Wildman–Crippen LogP) is 1.77. The van der Waals surface area contributed by atoms with Gasteiger partial charge in [0.25, 0.3) is 5.91 Å². The van der Waals surface area contributed by atoms with Crippen molar-refractivity contribution in [1.29, 1.82) is 0 Å². The number of hydrogen-bond acceptors (Lipinski definition) is 8. The van der Waals surface area contributed by atoms with E-state index in [1.54, 1.807) is 5.38 Å². The molecule has 0 aliphatic rings. The minimum Gasteiger partial charge on any atom is -0.493 e. The van der Waals surface area contributed by atoms with Crippen LogP contribution in [0.2, 0.25) is 0 Å². The van der Waals surface area contributed by atoms with Crippen molar-refractivity contribution in [2.24, 2.45) is 0 Å². The summed E-state index contributed by atoms with van der Waals surface area (Å²) >= 11 is 1.20. The maximum atomic E-state index is 12.7. The number of carboxylic acid groups (broad SMARTS) is 1. The summed E-state index contributed by atoms with van der Waals surface area (Å²) in [4.78, 5) is 40.1. The van der Waals surface area contributed by atoms with Gasteiger partial charge in [0.05, 0.1) is 21.3 Å². The molecule has 11 heteroatoms. The van der Waals surface area contributed by atoms with E-state index in [1.807, 2.05) is 0 Å². The number of anilines is 1. The van der Waals surface area contributed by atoms with Gasteiger partial charge in [0, 0.05) is 23.6 Å². The second-order valence-electron chi connectivity index (χ2n) is 5.70. The number of aromatic nitrogens is 1. The normalized spacial score (nSPS) is 11.3. The van der Waals surface area contributed by atoms with E-state index >= 15 is 0 Å². The van der Waals surface area contributed by atoms with Gasteiger partial charge in [0.15, 0.2) is 16.6 Å². The number of benzene rings is 1. The van der Waals surface area contributed by atoms with Crippen LogP contribution in [-0.4, -0.2) is 55.2 Å². The number of carbonyl (C=O) groups excluding carboxylic acids is 2. The lowest BCUT2D eigenvalue weighted by atomic mass is 10.1. The highest BCUT2D eigenvalue weighted by Gasteiger charge is 2.25. The molecular weight excluding hydrogens is 402 g/mol. The Kier molecular flexibility index (Phi) is 7.78. The Morgan fingerprint density at radius 1 is 1.14 bits per heavy atom. The number of hydrogen-bond donors (Lipinski definition) is 3. The highest BCUT2D eigenvalue weighted by atomic mass is 32.1. The fourth-order valence-corrected chi connectivity index (χ4v) is 3.00. The van der Waals surface area contributed by atoms with Crippen LogP contribution in [0.3, 0.4) is 0 Å². The predicted molar refractivity (Wildman–Crippen MR) is 105 cm³/mol. The average Bonchev–Trinajstić information content (AvgIpc) is 3.22. The molecule has 0 radical (unpaired) electrons. The largest absolute Gasteiger partial charge is 0.493 e. The van der Waals surface area contributed by atoms with Crippen molar-refractivity contribution in [2.75, 3.05) is 26.6 Å². The molecule has 29 heavy (non-hydrogen) atoms. The Balaban J connectivity index is 2.23. The Hall–Kier alpha value is -3.34. The standard InChI is InChI=1S/C18H21N3O7S/c1-26-12-8-10(9-13(27-2)15(12)28-3)16(24)20-11(4-5-14(22)23)17(25)21-18-19-6-7-29-18/h6-9,11H,4-5H2,1-3H3,(H,20,24)(H,22,23)(H,19,21,25)/t11-/m1/s1. The fraction of sp³-hybridized carbons (Fsp3) is 0.333. The average molecular weight is 423 g/mol. The number of nitrogens with zero attached hydrogens (tertiary/aromatic N) is 1. The van der Waals surface area contributed by atoms with Crippen molar-refractivity contribution in [2.45, 2.75) is 18.9 Å². The number of amides is 2. The molecule has 1 atom stereocenters. The zero-order valence-corrected chi connectivity index (χ0v) is 16.9. The van der Waals surface area contributed by atoms with E-state index in [0.717, 1.165) is 0 Å². The first-order valence-electron chi connectivity index (χ1n) is 8.42. The molecule has 3 N–H and O–H groups in total. The molecule has 2 aromatic rings. The number of thiazole rings is 1. The molecule has 0 aliphatic heterocycles. The van der Waals surface area contributed by atoms with E-state index in [0.29, 0.717) is 10.9 Å². The van der Waals surface area contributed by atoms with Gasteiger partial charge >= 0.3 is 5.97 Å². The van der Waals surface area contributed by atoms with E-state index in [1.165, 1.54) is 51.0 Å². The molecule has 0 spiro atoms. The summed E-state index contributed by atoms with van der Waals surface area (Å²) in [5.74, 6) is -1.40. The second-order valence-corrected chi connectivity index (χ2v) is 6.59. The third-order valence-electron chi connectivity index (χ3n) is 3.86. The van der Waals surface area contributed by atoms with Gasteiger partial charge in [-0.25, -0.2) is 4.98 Å². The molecule has 1 aromatic heterocycles. The first-order valence-corrected chi connectivity index (χ1v) is 9.30. The van der Waals surface area contributed by atoms with Crippen LogP contribution in [0, 0.1) is 0 Å². The lowest BCUT2D eigenvalue weighted by molar-refractivity contribution is -0.137. The van der Waals surface area contributed by atoms with Gasteiger partial charge in [-0.15, -0.1) is 11.3 Å². The van der Waals surface area contributed by atoms with Crippen LogP contribution in [0.15, 0.2) is 23.7 Å². The summed E-state index contributed by atoms with van der Waals surface area (Å²) < 4.78 is 15.7. The summed E-state index contributed by atoms with van der Waals surface area (Å²) in [7, 11) is 4.26. The van der Waals surface area contributed by atoms with Gasteiger partial charge in [-0.3, -0.25) is 14.4 Å². The number of rotatable bonds is 10. The van der Waals surface area contributed by atoms with Crippen molar-refractivity contribution >= 4 is 34.3 Å². The van der Waals surface area contributed by atoms with E-state index in [-0.39, 0.29) is 29.9 Å². The third-order valence-corrected chi connectivity index (χ3v) is 4.55. The Morgan fingerprint density at radius 3 is 2.28 bits per heavy atom. The molecule has 0 saturated heterocycles.